The first-order valence-corrected chi connectivity index (χ1v) is 6.91. The molecule has 0 radical (unpaired) electrons. The van der Waals surface area contributed by atoms with Gasteiger partial charge in [-0.2, -0.15) is 0 Å². The largest absolute Gasteiger partial charge is 0.486 e. The minimum Gasteiger partial charge on any atom is -0.486 e. The molecule has 0 atom stereocenters. The highest BCUT2D eigenvalue weighted by molar-refractivity contribution is 5.60. The molecule has 3 nitrogen and oxygen atoms in total. The Morgan fingerprint density at radius 3 is 2.40 bits per heavy atom. The van der Waals surface area contributed by atoms with Gasteiger partial charge in [0.05, 0.1) is 5.69 Å². The van der Waals surface area contributed by atoms with Crippen LogP contribution < -0.4 is 15.6 Å². The fourth-order valence-electron chi connectivity index (χ4n) is 2.22. The van der Waals surface area contributed by atoms with Crippen molar-refractivity contribution in [2.75, 3.05) is 12.1 Å². The van der Waals surface area contributed by atoms with Gasteiger partial charge in [0.2, 0.25) is 0 Å². The lowest BCUT2D eigenvalue weighted by atomic mass is 10.1. The van der Waals surface area contributed by atoms with Crippen molar-refractivity contribution in [3.8, 4) is 5.75 Å². The second-order valence-electron chi connectivity index (χ2n) is 4.95. The monoisotopic (exact) mass is 270 g/mol. The highest BCUT2D eigenvalue weighted by atomic mass is 16.5. The van der Waals surface area contributed by atoms with Crippen LogP contribution in [0.2, 0.25) is 0 Å². The topological polar surface area (TPSA) is 38.5 Å². The lowest BCUT2D eigenvalue weighted by Gasteiger charge is -2.20. The molecule has 0 aliphatic carbocycles. The van der Waals surface area contributed by atoms with Gasteiger partial charge in [-0.15, -0.1) is 0 Å². The van der Waals surface area contributed by atoms with Gasteiger partial charge < -0.3 is 9.75 Å². The number of rotatable bonds is 5. The number of para-hydroxylation sites is 1. The van der Waals surface area contributed by atoms with E-state index in [1.807, 2.05) is 31.3 Å². The summed E-state index contributed by atoms with van der Waals surface area (Å²) in [6.07, 6.45) is 0.921. The van der Waals surface area contributed by atoms with Gasteiger partial charge in [-0.05, 0) is 36.1 Å². The Morgan fingerprint density at radius 2 is 1.75 bits per heavy atom. The molecule has 0 aliphatic rings. The molecule has 0 spiro atoms. The van der Waals surface area contributed by atoms with E-state index in [0.29, 0.717) is 6.61 Å². The summed E-state index contributed by atoms with van der Waals surface area (Å²) in [6.45, 7) is 4.78. The second-order valence-corrected chi connectivity index (χ2v) is 4.95. The summed E-state index contributed by atoms with van der Waals surface area (Å²) in [4.78, 5) is 0. The number of hydrogen-bond donors (Lipinski definition) is 1. The Labute approximate surface area is 120 Å². The van der Waals surface area contributed by atoms with Gasteiger partial charge in [-0.3, -0.25) is 0 Å². The zero-order valence-corrected chi connectivity index (χ0v) is 12.4. The van der Waals surface area contributed by atoms with Crippen LogP contribution in [0.25, 0.3) is 0 Å². The molecule has 20 heavy (non-hydrogen) atoms. The molecular formula is C17H22N2O. The molecule has 106 valence electrons. The molecule has 0 unspecified atom stereocenters. The van der Waals surface area contributed by atoms with E-state index >= 15 is 0 Å². The van der Waals surface area contributed by atoms with Crippen LogP contribution in [0.3, 0.4) is 0 Å². The first kappa shape index (κ1) is 14.4. The van der Waals surface area contributed by atoms with Crippen LogP contribution in [-0.4, -0.2) is 7.05 Å². The highest BCUT2D eigenvalue weighted by Crippen LogP contribution is 2.31. The van der Waals surface area contributed by atoms with Gasteiger partial charge >= 0.3 is 0 Å². The van der Waals surface area contributed by atoms with Crippen LogP contribution >= 0.6 is 0 Å². The summed E-state index contributed by atoms with van der Waals surface area (Å²) >= 11 is 0. The van der Waals surface area contributed by atoms with Gasteiger partial charge in [-0.1, -0.05) is 43.3 Å². The van der Waals surface area contributed by atoms with Gasteiger partial charge in [0.25, 0.3) is 0 Å². The second kappa shape index (κ2) is 6.44. The number of nitrogens with two attached hydrogens (primary N) is 1. The van der Waals surface area contributed by atoms with Crippen LogP contribution in [0, 0.1) is 6.92 Å². The maximum absolute atomic E-state index is 6.07. The van der Waals surface area contributed by atoms with Crippen molar-refractivity contribution in [1.82, 2.24) is 0 Å². The molecule has 0 bridgehead atoms. The maximum atomic E-state index is 6.07. The van der Waals surface area contributed by atoms with E-state index in [-0.39, 0.29) is 0 Å². The molecule has 0 saturated carbocycles. The number of nitrogens with zero attached hydrogens (tertiary/aromatic N) is 1. The van der Waals surface area contributed by atoms with Crippen LogP contribution in [0.4, 0.5) is 5.69 Å². The smallest absolute Gasteiger partial charge is 0.147 e. The maximum Gasteiger partial charge on any atom is 0.147 e. The molecule has 0 saturated heterocycles. The van der Waals surface area contributed by atoms with E-state index in [0.717, 1.165) is 17.9 Å². The minimum atomic E-state index is 0.560. The molecule has 0 heterocycles. The summed E-state index contributed by atoms with van der Waals surface area (Å²) in [5.74, 6) is 6.77. The third-order valence-corrected chi connectivity index (χ3v) is 3.47. The fraction of sp³-hybridized carbons (Fsp3) is 0.294. The van der Waals surface area contributed by atoms with Gasteiger partial charge in [-0.25, -0.2) is 5.84 Å². The van der Waals surface area contributed by atoms with Crippen LogP contribution in [-0.2, 0) is 13.0 Å². The number of ether oxygens (including phenoxy) is 1. The molecule has 0 aromatic heterocycles. The summed E-state index contributed by atoms with van der Waals surface area (Å²) in [6, 6.07) is 14.3. The van der Waals surface area contributed by atoms with E-state index in [9.17, 15) is 0 Å². The molecular weight excluding hydrogens is 248 g/mol. The van der Waals surface area contributed by atoms with Crippen molar-refractivity contribution in [2.24, 2.45) is 5.84 Å². The van der Waals surface area contributed by atoms with Crippen molar-refractivity contribution >= 4 is 5.69 Å². The average Bonchev–Trinajstić information content (AvgIpc) is 2.46. The van der Waals surface area contributed by atoms with Crippen LogP contribution in [0.15, 0.2) is 42.5 Å². The van der Waals surface area contributed by atoms with E-state index in [1.165, 1.54) is 16.7 Å². The fourth-order valence-corrected chi connectivity index (χ4v) is 2.22. The zero-order valence-electron chi connectivity index (χ0n) is 12.4. The Balaban J connectivity index is 2.26. The van der Waals surface area contributed by atoms with Crippen LogP contribution in [0.1, 0.15) is 23.6 Å². The molecule has 0 amide bonds. The Kier molecular flexibility index (Phi) is 4.64. The summed E-state index contributed by atoms with van der Waals surface area (Å²) in [7, 11) is 1.83. The Bertz CT molecular complexity index is 579. The van der Waals surface area contributed by atoms with Gasteiger partial charge in [0, 0.05) is 7.05 Å². The van der Waals surface area contributed by atoms with Gasteiger partial charge in [0.1, 0.15) is 12.4 Å². The number of benzene rings is 2. The minimum absolute atomic E-state index is 0.560. The lowest BCUT2D eigenvalue weighted by Crippen LogP contribution is -2.26. The highest BCUT2D eigenvalue weighted by Gasteiger charge is 2.11. The zero-order chi connectivity index (χ0) is 14.5. The number of anilines is 1. The quantitative estimate of drug-likeness (QED) is 0.668. The van der Waals surface area contributed by atoms with Crippen molar-refractivity contribution in [2.45, 2.75) is 26.9 Å². The molecule has 0 fully saturated rings. The molecule has 3 heteroatoms. The predicted octanol–water partition coefficient (Wildman–Crippen LogP) is 3.45. The van der Waals surface area contributed by atoms with E-state index in [2.05, 4.69) is 32.0 Å². The van der Waals surface area contributed by atoms with Crippen LogP contribution in [0.5, 0.6) is 5.75 Å². The molecule has 2 aromatic rings. The standard InChI is InChI=1S/C17H22N2O/c1-4-14-10-7-11-16(19(3)18)17(14)20-12-15-9-6-5-8-13(15)2/h5-11H,4,12,18H2,1-3H3. The molecule has 2 N–H and O–H groups in total. The van der Waals surface area contributed by atoms with E-state index in [1.54, 1.807) is 5.01 Å². The first-order valence-electron chi connectivity index (χ1n) is 6.91. The van der Waals surface area contributed by atoms with Crippen molar-refractivity contribution in [3.05, 3.63) is 59.2 Å². The van der Waals surface area contributed by atoms with Crippen molar-refractivity contribution < 1.29 is 4.74 Å². The lowest BCUT2D eigenvalue weighted by molar-refractivity contribution is 0.303. The average molecular weight is 270 g/mol. The van der Waals surface area contributed by atoms with Crippen molar-refractivity contribution in [1.29, 1.82) is 0 Å². The number of hydrazine groups is 1. The number of aryl methyl sites for hydroxylation is 2. The summed E-state index contributed by atoms with van der Waals surface area (Å²) < 4.78 is 6.07. The van der Waals surface area contributed by atoms with E-state index < -0.39 is 0 Å². The molecule has 0 aliphatic heterocycles. The molecule has 2 rings (SSSR count). The Hall–Kier alpha value is -2.00. The van der Waals surface area contributed by atoms with Gasteiger partial charge in [0.15, 0.2) is 0 Å². The Morgan fingerprint density at radius 1 is 1.05 bits per heavy atom. The predicted molar refractivity (Wildman–Crippen MR) is 83.9 cm³/mol. The summed E-state index contributed by atoms with van der Waals surface area (Å²) in [5.41, 5.74) is 4.53. The number of hydrogen-bond acceptors (Lipinski definition) is 3. The third-order valence-electron chi connectivity index (χ3n) is 3.47. The van der Waals surface area contributed by atoms with Crippen molar-refractivity contribution in [3.63, 3.8) is 0 Å². The SMILES string of the molecule is CCc1cccc(N(C)N)c1OCc1ccccc1C. The summed E-state index contributed by atoms with van der Waals surface area (Å²) in [5, 5.41) is 1.60. The third kappa shape index (κ3) is 3.11. The van der Waals surface area contributed by atoms with E-state index in [4.69, 9.17) is 10.6 Å². The first-order chi connectivity index (χ1) is 9.63. The molecule has 2 aromatic carbocycles. The normalized spacial score (nSPS) is 10.4.